The highest BCUT2D eigenvalue weighted by molar-refractivity contribution is 7.09. The molecule has 1 aromatic heterocycles. The SMILES string of the molecule is Cc1c(F)cccc1C(=O)N=c1sc(C(C)(C)C)c(C)n1CC1CC1. The number of aromatic nitrogens is 1. The number of rotatable bonds is 3. The van der Waals surface area contributed by atoms with Crippen molar-refractivity contribution in [2.45, 2.75) is 59.4 Å². The standard InChI is InChI=1S/C20H25FN2OS/c1-12-15(7-6-8-16(12)21)18(24)22-19-23(11-14-9-10-14)13(2)17(25-19)20(3,4)5/h6-8,14H,9-11H2,1-5H3. The average Bonchev–Trinajstić information content (AvgIpc) is 3.28. The Labute approximate surface area is 152 Å². The van der Waals surface area contributed by atoms with Crippen LogP contribution in [0.4, 0.5) is 4.39 Å². The maximum absolute atomic E-state index is 13.8. The van der Waals surface area contributed by atoms with E-state index in [9.17, 15) is 9.18 Å². The first-order valence-corrected chi connectivity index (χ1v) is 9.55. The second kappa shape index (κ2) is 6.52. The molecule has 0 unspecified atom stereocenters. The second-order valence-corrected chi connectivity index (χ2v) is 8.91. The van der Waals surface area contributed by atoms with E-state index < -0.39 is 0 Å². The van der Waals surface area contributed by atoms with Crippen molar-refractivity contribution in [2.24, 2.45) is 10.9 Å². The van der Waals surface area contributed by atoms with Gasteiger partial charge in [-0.15, -0.1) is 11.3 Å². The molecular formula is C20H25FN2OS. The highest BCUT2D eigenvalue weighted by Gasteiger charge is 2.27. The summed E-state index contributed by atoms with van der Waals surface area (Å²) in [6.07, 6.45) is 2.48. The minimum absolute atomic E-state index is 0.00560. The third-order valence-corrected chi connectivity index (χ3v) is 6.28. The van der Waals surface area contributed by atoms with Gasteiger partial charge in [0.15, 0.2) is 4.80 Å². The van der Waals surface area contributed by atoms with E-state index in [2.05, 4.69) is 37.3 Å². The molecule has 0 radical (unpaired) electrons. The van der Waals surface area contributed by atoms with Crippen LogP contribution >= 0.6 is 11.3 Å². The zero-order valence-electron chi connectivity index (χ0n) is 15.5. The van der Waals surface area contributed by atoms with Crippen molar-refractivity contribution in [3.05, 3.63) is 50.5 Å². The van der Waals surface area contributed by atoms with Crippen LogP contribution in [0.3, 0.4) is 0 Å². The molecule has 0 bridgehead atoms. The molecule has 0 atom stereocenters. The van der Waals surface area contributed by atoms with E-state index in [0.29, 0.717) is 17.0 Å². The summed E-state index contributed by atoms with van der Waals surface area (Å²) in [6, 6.07) is 4.57. The van der Waals surface area contributed by atoms with Gasteiger partial charge in [0, 0.05) is 22.7 Å². The first kappa shape index (κ1) is 18.1. The number of amides is 1. The van der Waals surface area contributed by atoms with E-state index in [1.54, 1.807) is 30.4 Å². The highest BCUT2D eigenvalue weighted by Crippen LogP contribution is 2.33. The molecule has 0 spiro atoms. The molecule has 3 rings (SSSR count). The third-order valence-electron chi connectivity index (χ3n) is 4.67. The zero-order chi connectivity index (χ0) is 18.4. The molecule has 5 heteroatoms. The molecule has 3 nitrogen and oxygen atoms in total. The number of hydrogen-bond donors (Lipinski definition) is 0. The molecule has 134 valence electrons. The van der Waals surface area contributed by atoms with Crippen LogP contribution in [0.2, 0.25) is 0 Å². The molecule has 1 heterocycles. The van der Waals surface area contributed by atoms with Gasteiger partial charge in [0.2, 0.25) is 0 Å². The Kier molecular flexibility index (Phi) is 4.71. The molecule has 2 aromatic rings. The monoisotopic (exact) mass is 360 g/mol. The van der Waals surface area contributed by atoms with Gasteiger partial charge in [0.05, 0.1) is 0 Å². The number of carbonyl (C=O) groups excluding carboxylic acids is 1. The first-order chi connectivity index (χ1) is 11.7. The number of halogens is 1. The van der Waals surface area contributed by atoms with Crippen LogP contribution < -0.4 is 4.80 Å². The summed E-state index contributed by atoms with van der Waals surface area (Å²) in [7, 11) is 0. The third kappa shape index (κ3) is 3.76. The fourth-order valence-corrected chi connectivity index (χ4v) is 4.22. The van der Waals surface area contributed by atoms with Gasteiger partial charge in [-0.1, -0.05) is 26.8 Å². The Balaban J connectivity index is 2.09. The summed E-state index contributed by atoms with van der Waals surface area (Å²) in [5, 5.41) is 0. The molecule has 0 saturated heterocycles. The summed E-state index contributed by atoms with van der Waals surface area (Å²) in [5.41, 5.74) is 1.88. The molecule has 1 fully saturated rings. The Morgan fingerprint density at radius 2 is 2.00 bits per heavy atom. The zero-order valence-corrected chi connectivity index (χ0v) is 16.3. The van der Waals surface area contributed by atoms with Crippen LogP contribution in [0, 0.1) is 25.6 Å². The molecule has 1 aliphatic carbocycles. The van der Waals surface area contributed by atoms with Gasteiger partial charge in [0.1, 0.15) is 5.82 Å². The first-order valence-electron chi connectivity index (χ1n) is 8.73. The summed E-state index contributed by atoms with van der Waals surface area (Å²) < 4.78 is 15.9. The lowest BCUT2D eigenvalue weighted by atomic mass is 9.93. The van der Waals surface area contributed by atoms with Crippen LogP contribution in [0.5, 0.6) is 0 Å². The normalized spacial score (nSPS) is 15.7. The van der Waals surface area contributed by atoms with Crippen LogP contribution in [-0.2, 0) is 12.0 Å². The molecule has 1 aliphatic rings. The average molecular weight is 360 g/mol. The Bertz CT molecular complexity index is 882. The van der Waals surface area contributed by atoms with Gasteiger partial charge in [-0.2, -0.15) is 4.99 Å². The van der Waals surface area contributed by atoms with Crippen molar-refractivity contribution in [1.29, 1.82) is 0 Å². The largest absolute Gasteiger partial charge is 0.320 e. The lowest BCUT2D eigenvalue weighted by Crippen LogP contribution is -2.20. The molecule has 1 saturated carbocycles. The topological polar surface area (TPSA) is 34.4 Å². The minimum Gasteiger partial charge on any atom is -0.320 e. The van der Waals surface area contributed by atoms with Crippen LogP contribution in [0.25, 0.3) is 0 Å². The molecule has 0 aliphatic heterocycles. The number of benzene rings is 1. The molecule has 1 amide bonds. The fraction of sp³-hybridized carbons (Fsp3) is 0.500. The fourth-order valence-electron chi connectivity index (χ4n) is 3.03. The van der Waals surface area contributed by atoms with Gasteiger partial charge in [0.25, 0.3) is 5.91 Å². The quantitative estimate of drug-likeness (QED) is 0.777. The van der Waals surface area contributed by atoms with Crippen LogP contribution in [0.1, 0.15) is 60.1 Å². The van der Waals surface area contributed by atoms with Crippen molar-refractivity contribution in [3.8, 4) is 0 Å². The highest BCUT2D eigenvalue weighted by atomic mass is 32.1. The van der Waals surface area contributed by atoms with E-state index in [4.69, 9.17) is 0 Å². The molecule has 0 N–H and O–H groups in total. The van der Waals surface area contributed by atoms with E-state index in [1.807, 2.05) is 0 Å². The van der Waals surface area contributed by atoms with Gasteiger partial charge >= 0.3 is 0 Å². The van der Waals surface area contributed by atoms with Crippen molar-refractivity contribution < 1.29 is 9.18 Å². The van der Waals surface area contributed by atoms with Crippen molar-refractivity contribution in [3.63, 3.8) is 0 Å². The summed E-state index contributed by atoms with van der Waals surface area (Å²) in [4.78, 5) is 19.0. The summed E-state index contributed by atoms with van der Waals surface area (Å²) in [6.45, 7) is 11.2. The number of nitrogens with zero attached hydrogens (tertiary/aromatic N) is 2. The molecular weight excluding hydrogens is 335 g/mol. The van der Waals surface area contributed by atoms with E-state index >= 15 is 0 Å². The number of carbonyl (C=O) groups is 1. The Morgan fingerprint density at radius 1 is 1.32 bits per heavy atom. The maximum Gasteiger partial charge on any atom is 0.280 e. The van der Waals surface area contributed by atoms with Gasteiger partial charge < -0.3 is 4.57 Å². The predicted octanol–water partition coefficient (Wildman–Crippen LogP) is 4.75. The summed E-state index contributed by atoms with van der Waals surface area (Å²) >= 11 is 1.58. The van der Waals surface area contributed by atoms with E-state index in [-0.39, 0.29) is 17.1 Å². The van der Waals surface area contributed by atoms with E-state index in [1.165, 1.54) is 29.5 Å². The number of hydrogen-bond acceptors (Lipinski definition) is 2. The van der Waals surface area contributed by atoms with Crippen LogP contribution in [-0.4, -0.2) is 10.5 Å². The maximum atomic E-state index is 13.8. The van der Waals surface area contributed by atoms with Crippen molar-refractivity contribution >= 4 is 17.2 Å². The van der Waals surface area contributed by atoms with Gasteiger partial charge in [-0.25, -0.2) is 4.39 Å². The number of thiazole rings is 1. The lowest BCUT2D eigenvalue weighted by Gasteiger charge is -2.17. The minimum atomic E-state index is -0.372. The summed E-state index contributed by atoms with van der Waals surface area (Å²) in [5.74, 6) is -0.0565. The van der Waals surface area contributed by atoms with Gasteiger partial charge in [-0.3, -0.25) is 4.79 Å². The predicted molar refractivity (Wildman–Crippen MR) is 99.5 cm³/mol. The van der Waals surface area contributed by atoms with Crippen molar-refractivity contribution in [1.82, 2.24) is 4.57 Å². The lowest BCUT2D eigenvalue weighted by molar-refractivity contribution is 0.0996. The van der Waals surface area contributed by atoms with Crippen LogP contribution in [0.15, 0.2) is 23.2 Å². The molecule has 1 aromatic carbocycles. The smallest absolute Gasteiger partial charge is 0.280 e. The molecule has 25 heavy (non-hydrogen) atoms. The Morgan fingerprint density at radius 3 is 2.60 bits per heavy atom. The van der Waals surface area contributed by atoms with E-state index in [0.717, 1.165) is 11.3 Å². The Hall–Kier alpha value is -1.75. The van der Waals surface area contributed by atoms with Gasteiger partial charge in [-0.05, 0) is 55.7 Å². The van der Waals surface area contributed by atoms with Crippen molar-refractivity contribution in [2.75, 3.05) is 0 Å². The second-order valence-electron chi connectivity index (χ2n) is 7.93.